The Bertz CT molecular complexity index is 357. The van der Waals surface area contributed by atoms with E-state index in [1.165, 1.54) is 0 Å². The van der Waals surface area contributed by atoms with E-state index >= 15 is 0 Å². The molecule has 1 amide bonds. The number of ether oxygens (including phenoxy) is 1. The van der Waals surface area contributed by atoms with E-state index < -0.39 is 11.9 Å². The molecular formula is C14H23NO4. The summed E-state index contributed by atoms with van der Waals surface area (Å²) in [6, 6.07) is 0. The van der Waals surface area contributed by atoms with Crippen molar-refractivity contribution in [1.82, 2.24) is 4.90 Å². The number of hydrogen-bond acceptors (Lipinski definition) is 3. The molecule has 0 aromatic rings. The molecule has 0 aromatic heterocycles. The number of rotatable bonds is 3. The Labute approximate surface area is 113 Å². The van der Waals surface area contributed by atoms with Crippen LogP contribution < -0.4 is 0 Å². The first-order valence-electron chi connectivity index (χ1n) is 7.16. The zero-order valence-corrected chi connectivity index (χ0v) is 11.7. The highest BCUT2D eigenvalue weighted by atomic mass is 16.5. The van der Waals surface area contributed by atoms with Crippen molar-refractivity contribution in [3.05, 3.63) is 0 Å². The first-order chi connectivity index (χ1) is 9.02. The lowest BCUT2D eigenvalue weighted by Crippen LogP contribution is -2.48. The molecule has 0 aromatic carbocycles. The first-order valence-corrected chi connectivity index (χ1v) is 7.16. The fraction of sp³-hybridized carbons (Fsp3) is 0.857. The molecule has 5 heteroatoms. The number of carboxylic acids is 1. The molecule has 0 spiro atoms. The van der Waals surface area contributed by atoms with Crippen molar-refractivity contribution in [2.75, 3.05) is 19.7 Å². The summed E-state index contributed by atoms with van der Waals surface area (Å²) >= 11 is 0. The summed E-state index contributed by atoms with van der Waals surface area (Å²) in [6.07, 6.45) is 2.30. The number of carbonyl (C=O) groups is 2. The Morgan fingerprint density at radius 2 is 2.00 bits per heavy atom. The van der Waals surface area contributed by atoms with Crippen LogP contribution in [-0.2, 0) is 14.3 Å². The summed E-state index contributed by atoms with van der Waals surface area (Å²) in [5.74, 6) is -1.35. The Balaban J connectivity index is 2.03. The summed E-state index contributed by atoms with van der Waals surface area (Å²) in [5, 5.41) is 9.25. The molecule has 0 radical (unpaired) electrons. The van der Waals surface area contributed by atoms with Crippen molar-refractivity contribution in [1.29, 1.82) is 0 Å². The normalized spacial score (nSPS) is 35.4. The van der Waals surface area contributed by atoms with Gasteiger partial charge in [-0.2, -0.15) is 0 Å². The van der Waals surface area contributed by atoms with Crippen molar-refractivity contribution < 1.29 is 19.4 Å². The highest BCUT2D eigenvalue weighted by Crippen LogP contribution is 2.37. The quantitative estimate of drug-likeness (QED) is 0.840. The van der Waals surface area contributed by atoms with Crippen LogP contribution in [0.1, 0.15) is 33.1 Å². The standard InChI is InChI=1S/C14H23NO4/c1-3-10-8-15(4-5-19-10)13(16)11-6-9(2)7-12(11)14(17)18/h9-12H,3-8H2,1-2H3,(H,17,18)/t9?,10?,11-,12+/m0/s1. The van der Waals surface area contributed by atoms with Gasteiger partial charge in [-0.25, -0.2) is 0 Å². The van der Waals surface area contributed by atoms with Crippen molar-refractivity contribution in [3.8, 4) is 0 Å². The third-order valence-electron chi connectivity index (χ3n) is 4.34. The molecule has 2 aliphatic rings. The number of nitrogens with zero attached hydrogens (tertiary/aromatic N) is 1. The molecule has 4 atom stereocenters. The van der Waals surface area contributed by atoms with Gasteiger partial charge in [0.15, 0.2) is 0 Å². The molecule has 2 unspecified atom stereocenters. The van der Waals surface area contributed by atoms with Gasteiger partial charge in [-0.1, -0.05) is 13.8 Å². The molecule has 2 rings (SSSR count). The lowest BCUT2D eigenvalue weighted by atomic mass is 9.94. The molecule has 1 N–H and O–H groups in total. The van der Waals surface area contributed by atoms with Crippen LogP contribution in [-0.4, -0.2) is 47.7 Å². The molecule has 1 aliphatic heterocycles. The van der Waals surface area contributed by atoms with Crippen LogP contribution in [0.25, 0.3) is 0 Å². The van der Waals surface area contributed by atoms with Gasteiger partial charge in [0.2, 0.25) is 5.91 Å². The molecule has 19 heavy (non-hydrogen) atoms. The maximum atomic E-state index is 12.5. The zero-order chi connectivity index (χ0) is 14.0. The summed E-state index contributed by atoms with van der Waals surface area (Å²) < 4.78 is 5.56. The minimum atomic E-state index is -0.831. The minimum Gasteiger partial charge on any atom is -0.481 e. The second-order valence-electron chi connectivity index (χ2n) is 5.81. The molecular weight excluding hydrogens is 246 g/mol. The third-order valence-corrected chi connectivity index (χ3v) is 4.34. The van der Waals surface area contributed by atoms with Crippen LogP contribution >= 0.6 is 0 Å². The van der Waals surface area contributed by atoms with Crippen molar-refractivity contribution >= 4 is 11.9 Å². The Morgan fingerprint density at radius 1 is 1.32 bits per heavy atom. The molecule has 5 nitrogen and oxygen atoms in total. The minimum absolute atomic E-state index is 0.0125. The molecule has 2 fully saturated rings. The number of aliphatic carboxylic acids is 1. The summed E-state index contributed by atoms with van der Waals surface area (Å²) in [6.45, 7) is 5.82. The van der Waals surface area contributed by atoms with Gasteiger partial charge in [-0.3, -0.25) is 9.59 Å². The van der Waals surface area contributed by atoms with Crippen molar-refractivity contribution in [2.45, 2.75) is 39.2 Å². The van der Waals surface area contributed by atoms with Gasteiger partial charge in [0.05, 0.1) is 24.5 Å². The van der Waals surface area contributed by atoms with Gasteiger partial charge in [0, 0.05) is 13.1 Å². The molecule has 0 bridgehead atoms. The van der Waals surface area contributed by atoms with Gasteiger partial charge < -0.3 is 14.7 Å². The number of morpholine rings is 1. The average Bonchev–Trinajstić information content (AvgIpc) is 2.80. The molecule has 1 saturated heterocycles. The number of carboxylic acid groups (broad SMARTS) is 1. The smallest absolute Gasteiger partial charge is 0.307 e. The Kier molecular flexibility index (Phi) is 4.45. The third kappa shape index (κ3) is 3.08. The average molecular weight is 269 g/mol. The largest absolute Gasteiger partial charge is 0.481 e. The number of carbonyl (C=O) groups excluding carboxylic acids is 1. The molecule has 108 valence electrons. The van der Waals surface area contributed by atoms with Gasteiger partial charge in [0.25, 0.3) is 0 Å². The molecule has 1 aliphatic carbocycles. The van der Waals surface area contributed by atoms with Crippen LogP contribution in [0, 0.1) is 17.8 Å². The maximum absolute atomic E-state index is 12.5. The Hall–Kier alpha value is -1.10. The van der Waals surface area contributed by atoms with Crippen LogP contribution in [0.15, 0.2) is 0 Å². The van der Waals surface area contributed by atoms with Gasteiger partial charge >= 0.3 is 5.97 Å². The van der Waals surface area contributed by atoms with Crippen LogP contribution in [0.5, 0.6) is 0 Å². The lowest BCUT2D eigenvalue weighted by molar-refractivity contribution is -0.152. The van der Waals surface area contributed by atoms with Crippen LogP contribution in [0.2, 0.25) is 0 Å². The van der Waals surface area contributed by atoms with E-state index in [2.05, 4.69) is 0 Å². The van der Waals surface area contributed by atoms with E-state index in [4.69, 9.17) is 4.74 Å². The topological polar surface area (TPSA) is 66.8 Å². The second kappa shape index (κ2) is 5.90. The van der Waals surface area contributed by atoms with Crippen molar-refractivity contribution in [3.63, 3.8) is 0 Å². The lowest BCUT2D eigenvalue weighted by Gasteiger charge is -2.34. The van der Waals surface area contributed by atoms with E-state index in [9.17, 15) is 14.7 Å². The van der Waals surface area contributed by atoms with Crippen LogP contribution in [0.4, 0.5) is 0 Å². The monoisotopic (exact) mass is 269 g/mol. The van der Waals surface area contributed by atoms with E-state index in [1.807, 2.05) is 13.8 Å². The van der Waals surface area contributed by atoms with E-state index in [0.29, 0.717) is 38.5 Å². The predicted molar refractivity (Wildman–Crippen MR) is 69.6 cm³/mol. The van der Waals surface area contributed by atoms with Gasteiger partial charge in [-0.15, -0.1) is 0 Å². The Morgan fingerprint density at radius 3 is 2.63 bits per heavy atom. The SMILES string of the molecule is CCC1CN(C(=O)[C@H]2CC(C)C[C@H]2C(=O)O)CCO1. The van der Waals surface area contributed by atoms with E-state index in [1.54, 1.807) is 4.90 Å². The predicted octanol–water partition coefficient (Wildman–Crippen LogP) is 1.37. The van der Waals surface area contributed by atoms with Gasteiger partial charge in [0.1, 0.15) is 0 Å². The number of hydrogen-bond donors (Lipinski definition) is 1. The summed E-state index contributed by atoms with van der Waals surface area (Å²) in [4.78, 5) is 25.6. The highest BCUT2D eigenvalue weighted by molar-refractivity contribution is 5.85. The first kappa shape index (κ1) is 14.3. The van der Waals surface area contributed by atoms with Crippen molar-refractivity contribution in [2.24, 2.45) is 17.8 Å². The zero-order valence-electron chi connectivity index (χ0n) is 11.7. The summed E-state index contributed by atoms with van der Waals surface area (Å²) in [5.41, 5.74) is 0. The number of amides is 1. The highest BCUT2D eigenvalue weighted by Gasteiger charge is 2.43. The fourth-order valence-electron chi connectivity index (χ4n) is 3.24. The second-order valence-corrected chi connectivity index (χ2v) is 5.81. The van der Waals surface area contributed by atoms with Gasteiger partial charge in [-0.05, 0) is 25.2 Å². The van der Waals surface area contributed by atoms with Crippen LogP contribution in [0.3, 0.4) is 0 Å². The fourth-order valence-corrected chi connectivity index (χ4v) is 3.24. The maximum Gasteiger partial charge on any atom is 0.307 e. The van der Waals surface area contributed by atoms with E-state index in [-0.39, 0.29) is 17.9 Å². The molecule has 1 heterocycles. The summed E-state index contributed by atoms with van der Waals surface area (Å²) in [7, 11) is 0. The van der Waals surface area contributed by atoms with E-state index in [0.717, 1.165) is 6.42 Å². The molecule has 1 saturated carbocycles.